The van der Waals surface area contributed by atoms with Gasteiger partial charge in [0.25, 0.3) is 5.91 Å². The van der Waals surface area contributed by atoms with E-state index in [0.717, 1.165) is 24.1 Å². The Morgan fingerprint density at radius 2 is 1.71 bits per heavy atom. The average molecular weight is 686 g/mol. The number of carbonyl (C=O) groups excluding carboxylic acids is 2. The van der Waals surface area contributed by atoms with Gasteiger partial charge >= 0.3 is 6.09 Å². The maximum absolute atomic E-state index is 13.9. The number of phenolic OH excluding ortho intramolecular Hbond substituents is 2. The fourth-order valence-corrected chi connectivity index (χ4v) is 8.22. The lowest BCUT2D eigenvalue weighted by atomic mass is 10.0. The van der Waals surface area contributed by atoms with Gasteiger partial charge in [0.1, 0.15) is 0 Å². The van der Waals surface area contributed by atoms with Crippen molar-refractivity contribution in [1.82, 2.24) is 28.2 Å². The fraction of sp³-hybridized carbons (Fsp3) is 0.576. The summed E-state index contributed by atoms with van der Waals surface area (Å²) < 4.78 is 22.1. The number of nitrogens with zero attached hydrogens (tertiary/aromatic N) is 6. The Hall–Kier alpha value is -3.47. The summed E-state index contributed by atoms with van der Waals surface area (Å²) in [6.07, 6.45) is 0.446. The number of benzene rings is 2. The van der Waals surface area contributed by atoms with Crippen LogP contribution in [-0.4, -0.2) is 151 Å². The second-order valence-electron chi connectivity index (χ2n) is 13.2. The molecular formula is C33H47N7O7S. The fourth-order valence-electron chi connectivity index (χ4n) is 7.19. The van der Waals surface area contributed by atoms with Crippen molar-refractivity contribution in [1.29, 1.82) is 0 Å². The number of rotatable bonds is 8. The van der Waals surface area contributed by atoms with E-state index in [4.69, 9.17) is 4.74 Å². The number of piperidine rings is 1. The van der Waals surface area contributed by atoms with Gasteiger partial charge in [0.15, 0.2) is 35.1 Å². The van der Waals surface area contributed by atoms with Crippen molar-refractivity contribution in [2.75, 3.05) is 71.9 Å². The smallest absolute Gasteiger partial charge is 0.410 e. The molecular weight excluding hydrogens is 638 g/mol. The molecule has 0 bridgehead atoms. The van der Waals surface area contributed by atoms with Gasteiger partial charge in [-0.3, -0.25) is 14.6 Å². The number of amides is 2. The van der Waals surface area contributed by atoms with Crippen LogP contribution < -0.4 is 5.32 Å². The molecule has 0 aromatic heterocycles. The van der Waals surface area contributed by atoms with Crippen LogP contribution in [0.1, 0.15) is 30.4 Å². The predicted molar refractivity (Wildman–Crippen MR) is 180 cm³/mol. The number of aliphatic hydroxyl groups excluding tert-OH is 1. The molecule has 0 radical (unpaired) electrons. The number of fused-ring (bicyclic) bond motifs is 1. The quantitative estimate of drug-likeness (QED) is 0.298. The number of ether oxygens (including phenoxy) is 1. The predicted octanol–water partition coefficient (Wildman–Crippen LogP) is 1.17. The molecule has 3 saturated heterocycles. The summed E-state index contributed by atoms with van der Waals surface area (Å²) in [5, 5.41) is 34.1. The molecule has 262 valence electrons. The zero-order valence-electron chi connectivity index (χ0n) is 27.6. The molecule has 0 saturated carbocycles. The van der Waals surface area contributed by atoms with Crippen LogP contribution in [0.4, 0.5) is 10.5 Å². The summed E-state index contributed by atoms with van der Waals surface area (Å²) in [4.78, 5) is 35.1. The standard InChI is InChI=1S/C33H47N7O7S/c1-35(2)48(46)39-15-12-26(21-39)37-17-18-38(22-37)31(43)30(20-23-7-8-28(41)29(42)19-23)47-33(45)36-13-10-25(11-14-36)40-16-9-24-5-3-4-6-27(24)34-32(40)44/h3-8,19,25-26,30,32,34,41-42,44H,9-18,20-22H2,1-2H3. The van der Waals surface area contributed by atoms with E-state index in [1.807, 2.05) is 27.4 Å². The molecule has 2 aromatic carbocycles. The van der Waals surface area contributed by atoms with Gasteiger partial charge in [0.05, 0.1) is 6.67 Å². The molecule has 4 atom stereocenters. The van der Waals surface area contributed by atoms with Gasteiger partial charge in [0, 0.05) is 84.1 Å². The minimum absolute atomic E-state index is 0.0383. The molecule has 2 amide bonds. The number of para-hydroxylation sites is 1. The minimum Gasteiger partial charge on any atom is -0.504 e. The van der Waals surface area contributed by atoms with E-state index in [1.165, 1.54) is 12.1 Å². The lowest BCUT2D eigenvalue weighted by Crippen LogP contribution is -2.53. The van der Waals surface area contributed by atoms with E-state index in [2.05, 4.69) is 16.3 Å². The number of likely N-dealkylation sites (tertiary alicyclic amines) is 1. The Morgan fingerprint density at radius 3 is 2.46 bits per heavy atom. The van der Waals surface area contributed by atoms with Crippen molar-refractivity contribution in [3.05, 3.63) is 53.6 Å². The summed E-state index contributed by atoms with van der Waals surface area (Å²) in [5.74, 6) is -0.905. The molecule has 4 unspecified atom stereocenters. The van der Waals surface area contributed by atoms with E-state index < -0.39 is 29.7 Å². The highest BCUT2D eigenvalue weighted by molar-refractivity contribution is 7.80. The van der Waals surface area contributed by atoms with Crippen molar-refractivity contribution >= 4 is 28.9 Å². The number of carbonyl (C=O) groups is 2. The first-order valence-corrected chi connectivity index (χ1v) is 17.8. The van der Waals surface area contributed by atoms with E-state index in [1.54, 1.807) is 34.3 Å². The Labute approximate surface area is 284 Å². The summed E-state index contributed by atoms with van der Waals surface area (Å²) in [6.45, 7) is 4.40. The molecule has 3 fully saturated rings. The van der Waals surface area contributed by atoms with Crippen LogP contribution in [0.3, 0.4) is 0 Å². The Kier molecular flexibility index (Phi) is 10.7. The number of anilines is 1. The molecule has 4 N–H and O–H groups in total. The van der Waals surface area contributed by atoms with E-state index >= 15 is 0 Å². The first-order chi connectivity index (χ1) is 23.1. The van der Waals surface area contributed by atoms with Gasteiger partial charge in [-0.1, -0.05) is 24.3 Å². The zero-order chi connectivity index (χ0) is 33.9. The zero-order valence-corrected chi connectivity index (χ0v) is 28.4. The lowest BCUT2D eigenvalue weighted by Gasteiger charge is -2.40. The molecule has 2 aromatic rings. The van der Waals surface area contributed by atoms with Crippen molar-refractivity contribution in [3.8, 4) is 11.5 Å². The lowest BCUT2D eigenvalue weighted by molar-refractivity contribution is -0.140. The number of hydrogen-bond donors (Lipinski definition) is 4. The first-order valence-electron chi connectivity index (χ1n) is 16.7. The third kappa shape index (κ3) is 7.71. The van der Waals surface area contributed by atoms with E-state index in [9.17, 15) is 29.1 Å². The molecule has 4 aliphatic rings. The van der Waals surface area contributed by atoms with Crippen molar-refractivity contribution < 1.29 is 33.9 Å². The van der Waals surface area contributed by atoms with Crippen molar-refractivity contribution in [2.24, 2.45) is 0 Å². The molecule has 0 spiro atoms. The third-order valence-corrected chi connectivity index (χ3v) is 11.3. The molecule has 15 heteroatoms. The largest absolute Gasteiger partial charge is 0.504 e. The van der Waals surface area contributed by atoms with Crippen LogP contribution in [0.2, 0.25) is 0 Å². The second kappa shape index (κ2) is 15.0. The first kappa shape index (κ1) is 34.4. The molecule has 6 rings (SSSR count). The Morgan fingerprint density at radius 1 is 0.958 bits per heavy atom. The maximum atomic E-state index is 13.9. The SMILES string of the molecule is CN(C)S(=O)N1CCC(N2CCN(C(=O)C(Cc3ccc(O)c(O)c3)OC(=O)N3CCC(N4CCc5ccccc5NC4O)CC3)C2)C1. The van der Waals surface area contributed by atoms with Crippen LogP contribution in [0.15, 0.2) is 42.5 Å². The number of aromatic hydroxyl groups is 2. The second-order valence-corrected chi connectivity index (χ2v) is 14.9. The molecule has 4 heterocycles. The Balaban J connectivity index is 1.07. The molecule has 4 aliphatic heterocycles. The van der Waals surface area contributed by atoms with Gasteiger partial charge < -0.3 is 35.2 Å². The van der Waals surface area contributed by atoms with Crippen LogP contribution in [0.25, 0.3) is 0 Å². The highest BCUT2D eigenvalue weighted by Gasteiger charge is 2.39. The number of aliphatic hydroxyl groups is 1. The van der Waals surface area contributed by atoms with Crippen LogP contribution in [0.5, 0.6) is 11.5 Å². The third-order valence-electron chi connectivity index (χ3n) is 9.92. The maximum Gasteiger partial charge on any atom is 0.410 e. The monoisotopic (exact) mass is 685 g/mol. The van der Waals surface area contributed by atoms with Crippen molar-refractivity contribution in [2.45, 2.75) is 56.6 Å². The highest BCUT2D eigenvalue weighted by atomic mass is 32.2. The van der Waals surface area contributed by atoms with Gasteiger partial charge in [-0.25, -0.2) is 17.6 Å². The summed E-state index contributed by atoms with van der Waals surface area (Å²) >= 11 is -1.20. The number of phenols is 2. The Bertz CT molecular complexity index is 1490. The average Bonchev–Trinajstić information content (AvgIpc) is 3.74. The molecule has 0 aliphatic carbocycles. The van der Waals surface area contributed by atoms with Gasteiger partial charge in [-0.15, -0.1) is 0 Å². The number of nitrogens with one attached hydrogen (secondary N) is 1. The normalized spacial score (nSPS) is 24.2. The van der Waals surface area contributed by atoms with Crippen LogP contribution >= 0.6 is 0 Å². The van der Waals surface area contributed by atoms with Crippen LogP contribution in [0, 0.1) is 0 Å². The summed E-state index contributed by atoms with van der Waals surface area (Å²) in [7, 11) is 3.57. The summed E-state index contributed by atoms with van der Waals surface area (Å²) in [5.41, 5.74) is 2.63. The molecule has 48 heavy (non-hydrogen) atoms. The van der Waals surface area contributed by atoms with Crippen LogP contribution in [-0.2, 0) is 33.5 Å². The topological polar surface area (TPSA) is 153 Å². The van der Waals surface area contributed by atoms with Gasteiger partial charge in [-0.2, -0.15) is 0 Å². The molecule has 14 nitrogen and oxygen atoms in total. The van der Waals surface area contributed by atoms with Gasteiger partial charge in [0.2, 0.25) is 0 Å². The summed E-state index contributed by atoms with van der Waals surface area (Å²) in [6, 6.07) is 12.5. The number of hydrogen-bond acceptors (Lipinski definition) is 10. The van der Waals surface area contributed by atoms with E-state index in [0.29, 0.717) is 70.9 Å². The van der Waals surface area contributed by atoms with Crippen molar-refractivity contribution in [3.63, 3.8) is 0 Å². The van der Waals surface area contributed by atoms with Gasteiger partial charge in [-0.05, 0) is 55.0 Å². The minimum atomic E-state index is -1.20. The highest BCUT2D eigenvalue weighted by Crippen LogP contribution is 2.29. The van der Waals surface area contributed by atoms with E-state index in [-0.39, 0.29) is 35.9 Å².